The van der Waals surface area contributed by atoms with Crippen molar-refractivity contribution in [3.63, 3.8) is 0 Å². The number of Topliss-reactive ketones (excluding diaryl/α,β-unsaturated/α-hetero) is 1. The summed E-state index contributed by atoms with van der Waals surface area (Å²) in [6.45, 7) is 0. The lowest BCUT2D eigenvalue weighted by Crippen LogP contribution is -2.37. The molecule has 1 saturated heterocycles. The minimum absolute atomic E-state index is 0.236. The topological polar surface area (TPSA) is 67.9 Å². The van der Waals surface area contributed by atoms with E-state index >= 15 is 0 Å². The van der Waals surface area contributed by atoms with E-state index in [4.69, 9.17) is 0 Å². The van der Waals surface area contributed by atoms with Gasteiger partial charge in [-0.25, -0.2) is 4.39 Å². The molecule has 0 radical (unpaired) electrons. The van der Waals surface area contributed by atoms with Crippen molar-refractivity contribution in [3.05, 3.63) is 99.6 Å². The van der Waals surface area contributed by atoms with Crippen LogP contribution in [0.1, 0.15) is 38.3 Å². The molecule has 2 aromatic carbocycles. The van der Waals surface area contributed by atoms with Crippen LogP contribution in [0.2, 0.25) is 0 Å². The second kappa shape index (κ2) is 7.19. The largest absolute Gasteiger partial charge is 0.357 e. The minimum atomic E-state index is -1.47. The maximum atomic E-state index is 13.7. The lowest BCUT2D eigenvalue weighted by atomic mass is 9.69. The van der Waals surface area contributed by atoms with Gasteiger partial charge in [-0.05, 0) is 52.9 Å². The fourth-order valence-electron chi connectivity index (χ4n) is 4.86. The highest BCUT2D eigenvalue weighted by Gasteiger charge is 2.64. The van der Waals surface area contributed by atoms with Gasteiger partial charge in [-0.3, -0.25) is 4.79 Å². The number of rotatable bonds is 3. The summed E-state index contributed by atoms with van der Waals surface area (Å²) in [5.41, 5.74) is 0.666. The molecule has 3 heterocycles. The van der Waals surface area contributed by atoms with Crippen molar-refractivity contribution < 1.29 is 9.18 Å². The normalized spacial score (nSPS) is 22.8. The Balaban J connectivity index is 1.75. The zero-order valence-electron chi connectivity index (χ0n) is 16.3. The number of nitrogens with zero attached hydrogens (tertiary/aromatic N) is 3. The molecule has 0 N–H and O–H groups in total. The van der Waals surface area contributed by atoms with Gasteiger partial charge in [-0.2, -0.15) is 10.5 Å². The van der Waals surface area contributed by atoms with Gasteiger partial charge in [-0.15, -0.1) is 11.3 Å². The third kappa shape index (κ3) is 2.73. The molecule has 5 rings (SSSR count). The van der Waals surface area contributed by atoms with Gasteiger partial charge in [-0.1, -0.05) is 30.3 Å². The van der Waals surface area contributed by atoms with E-state index < -0.39 is 29.2 Å². The molecular formula is C25H16FN3OS. The van der Waals surface area contributed by atoms with Crippen LogP contribution in [0.5, 0.6) is 0 Å². The molecule has 2 aliphatic heterocycles. The average Bonchev–Trinajstić information content (AvgIpc) is 3.43. The first-order valence-electron chi connectivity index (χ1n) is 9.81. The zero-order valence-corrected chi connectivity index (χ0v) is 17.1. The number of nitriles is 2. The molecule has 150 valence electrons. The third-order valence-corrected chi connectivity index (χ3v) is 7.15. The summed E-state index contributed by atoms with van der Waals surface area (Å²) in [6.07, 6.45) is 3.73. The third-order valence-electron chi connectivity index (χ3n) is 6.19. The molecule has 3 aromatic rings. The Morgan fingerprint density at radius 3 is 2.45 bits per heavy atom. The number of thiophene rings is 1. The van der Waals surface area contributed by atoms with Crippen molar-refractivity contribution in [2.75, 3.05) is 0 Å². The molecule has 0 bridgehead atoms. The van der Waals surface area contributed by atoms with Crippen molar-refractivity contribution in [3.8, 4) is 12.1 Å². The first-order chi connectivity index (χ1) is 15.1. The molecule has 0 spiro atoms. The predicted octanol–water partition coefficient (Wildman–Crippen LogP) is 5.30. The Labute approximate surface area is 183 Å². The van der Waals surface area contributed by atoms with Crippen molar-refractivity contribution in [2.24, 2.45) is 5.41 Å². The minimum Gasteiger partial charge on any atom is -0.357 e. The van der Waals surface area contributed by atoms with Crippen LogP contribution >= 0.6 is 11.3 Å². The number of carbonyl (C=O) groups excluding carboxylic acids is 1. The number of hydrogen-bond donors (Lipinski definition) is 0. The fraction of sp³-hybridized carbons (Fsp3) is 0.160. The second-order valence-electron chi connectivity index (χ2n) is 7.70. The lowest BCUT2D eigenvalue weighted by Gasteiger charge is -2.34. The number of halogens is 1. The second-order valence-corrected chi connectivity index (χ2v) is 8.68. The predicted molar refractivity (Wildman–Crippen MR) is 115 cm³/mol. The summed E-state index contributed by atoms with van der Waals surface area (Å²) in [7, 11) is 0. The molecule has 0 amide bonds. The van der Waals surface area contributed by atoms with E-state index in [0.717, 1.165) is 16.0 Å². The van der Waals surface area contributed by atoms with Crippen LogP contribution in [0.3, 0.4) is 0 Å². The first-order valence-corrected chi connectivity index (χ1v) is 10.7. The van der Waals surface area contributed by atoms with Crippen LogP contribution in [0.25, 0.3) is 6.08 Å². The Bertz CT molecular complexity index is 1250. The summed E-state index contributed by atoms with van der Waals surface area (Å²) in [4.78, 5) is 16.4. The summed E-state index contributed by atoms with van der Waals surface area (Å²) in [5.74, 6) is -1.31. The van der Waals surface area contributed by atoms with Crippen LogP contribution in [-0.4, -0.2) is 16.7 Å². The van der Waals surface area contributed by atoms with Crippen LogP contribution < -0.4 is 0 Å². The Morgan fingerprint density at radius 2 is 1.77 bits per heavy atom. The van der Waals surface area contributed by atoms with E-state index in [1.807, 2.05) is 59.0 Å². The molecule has 3 atom stereocenters. The van der Waals surface area contributed by atoms with Gasteiger partial charge in [0, 0.05) is 16.6 Å². The van der Waals surface area contributed by atoms with Crippen molar-refractivity contribution in [1.29, 1.82) is 10.5 Å². The summed E-state index contributed by atoms with van der Waals surface area (Å²) >= 11 is 1.43. The fourth-order valence-corrected chi connectivity index (χ4v) is 5.79. The van der Waals surface area contributed by atoms with E-state index in [9.17, 15) is 19.7 Å². The Morgan fingerprint density at radius 1 is 1.03 bits per heavy atom. The van der Waals surface area contributed by atoms with Crippen molar-refractivity contribution in [2.45, 2.75) is 18.0 Å². The number of hydrogen-bond acceptors (Lipinski definition) is 5. The van der Waals surface area contributed by atoms with Gasteiger partial charge in [0.1, 0.15) is 11.9 Å². The molecule has 0 aliphatic carbocycles. The van der Waals surface area contributed by atoms with Crippen molar-refractivity contribution >= 4 is 23.2 Å². The van der Waals surface area contributed by atoms with E-state index in [1.54, 1.807) is 0 Å². The molecule has 1 aromatic heterocycles. The number of benzene rings is 2. The highest BCUT2D eigenvalue weighted by atomic mass is 32.1. The number of ketones is 1. The zero-order chi connectivity index (χ0) is 21.6. The lowest BCUT2D eigenvalue weighted by molar-refractivity contribution is 0.0875. The molecule has 3 unspecified atom stereocenters. The van der Waals surface area contributed by atoms with E-state index in [0.29, 0.717) is 5.56 Å². The molecule has 6 heteroatoms. The van der Waals surface area contributed by atoms with E-state index in [-0.39, 0.29) is 5.78 Å². The SMILES string of the molecule is N#CC1(C#N)C(c2cccs2)C(C(=O)c2ccc(F)cc2)N2C=Cc3ccccc3C21. The Hall–Kier alpha value is -3.74. The van der Waals surface area contributed by atoms with Crippen LogP contribution in [0.15, 0.2) is 72.2 Å². The Kier molecular flexibility index (Phi) is 4.46. The molecule has 0 saturated carbocycles. The van der Waals surface area contributed by atoms with Gasteiger partial charge in [0.15, 0.2) is 11.2 Å². The first kappa shape index (κ1) is 19.2. The van der Waals surface area contributed by atoms with Gasteiger partial charge < -0.3 is 4.90 Å². The van der Waals surface area contributed by atoms with Crippen LogP contribution in [-0.2, 0) is 0 Å². The quantitative estimate of drug-likeness (QED) is 0.534. The summed E-state index contributed by atoms with van der Waals surface area (Å²) in [5, 5.41) is 22.6. The molecule has 2 aliphatic rings. The monoisotopic (exact) mass is 425 g/mol. The molecular weight excluding hydrogens is 409 g/mol. The van der Waals surface area contributed by atoms with Gasteiger partial charge in [0.2, 0.25) is 0 Å². The molecule has 4 nitrogen and oxygen atoms in total. The average molecular weight is 425 g/mol. The van der Waals surface area contributed by atoms with Crippen LogP contribution in [0.4, 0.5) is 4.39 Å². The standard InChI is InChI=1S/C25H16FN3OS/c26-18-9-7-17(8-10-18)23(30)22-21(20-6-3-13-31-20)25(14-27,15-28)24-19-5-2-1-4-16(19)11-12-29(22)24/h1-13,21-22,24H. The van der Waals surface area contributed by atoms with Crippen molar-refractivity contribution in [1.82, 2.24) is 4.90 Å². The smallest absolute Gasteiger partial charge is 0.185 e. The number of fused-ring (bicyclic) bond motifs is 3. The highest BCUT2D eigenvalue weighted by molar-refractivity contribution is 7.10. The summed E-state index contributed by atoms with van der Waals surface area (Å²) in [6, 6.07) is 20.1. The summed E-state index contributed by atoms with van der Waals surface area (Å²) < 4.78 is 13.5. The van der Waals surface area contributed by atoms with Gasteiger partial charge >= 0.3 is 0 Å². The van der Waals surface area contributed by atoms with E-state index in [2.05, 4.69) is 12.1 Å². The van der Waals surface area contributed by atoms with Gasteiger partial charge in [0.25, 0.3) is 0 Å². The van der Waals surface area contributed by atoms with Crippen LogP contribution in [0, 0.1) is 33.9 Å². The van der Waals surface area contributed by atoms with E-state index in [1.165, 1.54) is 35.6 Å². The number of carbonyl (C=O) groups is 1. The highest BCUT2D eigenvalue weighted by Crippen LogP contribution is 2.60. The maximum Gasteiger partial charge on any atom is 0.185 e. The van der Waals surface area contributed by atoms with Gasteiger partial charge in [0.05, 0.1) is 24.1 Å². The molecule has 1 fully saturated rings. The molecule has 31 heavy (non-hydrogen) atoms. The maximum absolute atomic E-state index is 13.7.